The fraction of sp³-hybridized carbons (Fsp3) is 0.579. The monoisotopic (exact) mass is 329 g/mol. The van der Waals surface area contributed by atoms with Crippen LogP contribution in [0.1, 0.15) is 56.1 Å². The van der Waals surface area contributed by atoms with E-state index in [-0.39, 0.29) is 10.6 Å². The molecule has 4 heteroatoms. The summed E-state index contributed by atoms with van der Waals surface area (Å²) in [4.78, 5) is 12.4. The van der Waals surface area contributed by atoms with Crippen molar-refractivity contribution in [1.29, 1.82) is 0 Å². The highest BCUT2D eigenvalue weighted by atomic mass is 32.1. The number of carbonyl (C=O) groups is 1. The minimum atomic E-state index is -0.0482. The Bertz CT molecular complexity index is 686. The number of fused-ring (bicyclic) bond motifs is 5. The van der Waals surface area contributed by atoms with Crippen LogP contribution < -0.4 is 10.5 Å². The summed E-state index contributed by atoms with van der Waals surface area (Å²) in [6, 6.07) is 6.27. The van der Waals surface area contributed by atoms with Crippen LogP contribution >= 0.6 is 12.2 Å². The Morgan fingerprint density at radius 1 is 1.30 bits per heavy atom. The van der Waals surface area contributed by atoms with Crippen molar-refractivity contribution in [2.24, 2.45) is 23.0 Å². The van der Waals surface area contributed by atoms with E-state index in [1.54, 1.807) is 0 Å². The van der Waals surface area contributed by atoms with Crippen molar-refractivity contribution < 1.29 is 9.53 Å². The summed E-state index contributed by atoms with van der Waals surface area (Å²) in [6.45, 7) is 2.22. The summed E-state index contributed by atoms with van der Waals surface area (Å²) >= 11 is 4.82. The normalized spacial score (nSPS) is 35.2. The predicted octanol–water partition coefficient (Wildman–Crippen LogP) is 3.73. The third-order valence-electron chi connectivity index (χ3n) is 6.63. The summed E-state index contributed by atoms with van der Waals surface area (Å²) < 4.78 is 5.38. The summed E-state index contributed by atoms with van der Waals surface area (Å²) in [5.74, 6) is 3.09. The Kier molecular flexibility index (Phi) is 3.49. The Hall–Kier alpha value is -1.42. The third-order valence-corrected chi connectivity index (χ3v) is 6.71. The van der Waals surface area contributed by atoms with Crippen molar-refractivity contribution in [3.63, 3.8) is 0 Å². The van der Waals surface area contributed by atoms with Crippen LogP contribution in [0.2, 0.25) is 0 Å². The number of nitrogens with two attached hydrogens (primary N) is 1. The van der Waals surface area contributed by atoms with Gasteiger partial charge in [-0.05, 0) is 85.3 Å². The zero-order chi connectivity index (χ0) is 16.2. The number of ketones is 1. The quantitative estimate of drug-likeness (QED) is 0.798. The Labute approximate surface area is 142 Å². The average molecular weight is 329 g/mol. The number of carbonyl (C=O) groups excluding carboxylic acids is 1. The van der Waals surface area contributed by atoms with Crippen LogP contribution in [0.3, 0.4) is 0 Å². The standard InChI is InChI=1S/C19H23NO2S/c1-19-9-8-14-13-5-3-12(22-18(20)23)10-11(13)2-4-15(14)16(19)6-7-17(19)21/h3,5,10,14-16H,2,4,6-9H2,1H3,(H2,20,23)/t14-,15-,16+,19+/m1/s1. The van der Waals surface area contributed by atoms with Gasteiger partial charge in [0.05, 0.1) is 0 Å². The first-order chi connectivity index (χ1) is 11.0. The van der Waals surface area contributed by atoms with E-state index in [0.29, 0.717) is 23.5 Å². The fourth-order valence-corrected chi connectivity index (χ4v) is 5.61. The van der Waals surface area contributed by atoms with E-state index in [9.17, 15) is 4.79 Å². The minimum Gasteiger partial charge on any atom is -0.432 e. The number of thiocarbonyl (C=S) groups is 1. The summed E-state index contributed by atoms with van der Waals surface area (Å²) in [5, 5.41) is 0.0662. The molecule has 2 N–H and O–H groups in total. The molecule has 1 aromatic rings. The maximum atomic E-state index is 12.4. The highest BCUT2D eigenvalue weighted by molar-refractivity contribution is 7.80. The summed E-state index contributed by atoms with van der Waals surface area (Å²) in [6.07, 6.45) is 6.30. The van der Waals surface area contributed by atoms with E-state index in [2.05, 4.69) is 19.1 Å². The Morgan fingerprint density at radius 3 is 2.91 bits per heavy atom. The van der Waals surface area contributed by atoms with Crippen molar-refractivity contribution >= 4 is 23.2 Å². The number of aryl methyl sites for hydroxylation is 1. The van der Waals surface area contributed by atoms with Gasteiger partial charge in [0, 0.05) is 11.8 Å². The smallest absolute Gasteiger partial charge is 0.259 e. The van der Waals surface area contributed by atoms with Crippen LogP contribution in [-0.2, 0) is 11.2 Å². The van der Waals surface area contributed by atoms with E-state index >= 15 is 0 Å². The lowest BCUT2D eigenvalue weighted by Gasteiger charge is -2.48. The average Bonchev–Trinajstić information content (AvgIpc) is 2.82. The first-order valence-corrected chi connectivity index (χ1v) is 9.03. The molecule has 0 spiro atoms. The summed E-state index contributed by atoms with van der Waals surface area (Å²) in [7, 11) is 0. The second-order valence-corrected chi connectivity index (χ2v) is 8.02. The van der Waals surface area contributed by atoms with Gasteiger partial charge in [0.2, 0.25) is 0 Å². The predicted molar refractivity (Wildman–Crippen MR) is 93.5 cm³/mol. The van der Waals surface area contributed by atoms with Gasteiger partial charge in [-0.1, -0.05) is 13.0 Å². The van der Waals surface area contributed by atoms with E-state index in [4.69, 9.17) is 22.7 Å². The maximum Gasteiger partial charge on any atom is 0.259 e. The zero-order valence-corrected chi connectivity index (χ0v) is 14.3. The summed E-state index contributed by atoms with van der Waals surface area (Å²) in [5.41, 5.74) is 8.25. The SMILES string of the molecule is C[C@]12CC[C@@H]3c4ccc(OC(N)=S)cc4CC[C@H]3[C@@H]1CCC2=O. The molecule has 0 aromatic heterocycles. The molecule has 3 aliphatic carbocycles. The van der Waals surface area contributed by atoms with E-state index in [0.717, 1.165) is 37.9 Å². The first kappa shape index (κ1) is 15.1. The van der Waals surface area contributed by atoms with Gasteiger partial charge in [0.1, 0.15) is 11.5 Å². The molecule has 4 rings (SSSR count). The lowest BCUT2D eigenvalue weighted by Crippen LogP contribution is -2.42. The molecule has 0 unspecified atom stereocenters. The molecule has 2 saturated carbocycles. The maximum absolute atomic E-state index is 12.4. The van der Waals surface area contributed by atoms with Crippen molar-refractivity contribution in [3.8, 4) is 5.75 Å². The molecule has 3 nitrogen and oxygen atoms in total. The largest absolute Gasteiger partial charge is 0.432 e. The number of hydrogen-bond donors (Lipinski definition) is 1. The molecule has 0 heterocycles. The van der Waals surface area contributed by atoms with Gasteiger partial charge >= 0.3 is 0 Å². The van der Waals surface area contributed by atoms with E-state index in [1.165, 1.54) is 17.5 Å². The number of benzene rings is 1. The van der Waals surface area contributed by atoms with Crippen LogP contribution in [0.5, 0.6) is 5.75 Å². The first-order valence-electron chi connectivity index (χ1n) is 8.62. The number of rotatable bonds is 1. The second-order valence-electron chi connectivity index (χ2n) is 7.62. The van der Waals surface area contributed by atoms with Crippen LogP contribution in [0.25, 0.3) is 0 Å². The van der Waals surface area contributed by atoms with Crippen LogP contribution in [0.15, 0.2) is 18.2 Å². The molecule has 122 valence electrons. The molecule has 1 aromatic carbocycles. The lowest BCUT2D eigenvalue weighted by molar-refractivity contribution is -0.129. The minimum absolute atomic E-state index is 0.0482. The van der Waals surface area contributed by atoms with E-state index in [1.807, 2.05) is 6.07 Å². The molecule has 23 heavy (non-hydrogen) atoms. The topological polar surface area (TPSA) is 52.3 Å². The van der Waals surface area contributed by atoms with Crippen molar-refractivity contribution in [1.82, 2.24) is 0 Å². The molecule has 0 bridgehead atoms. The van der Waals surface area contributed by atoms with Gasteiger partial charge in [-0.25, -0.2) is 0 Å². The molecule has 0 amide bonds. The lowest BCUT2D eigenvalue weighted by atomic mass is 9.55. The fourth-order valence-electron chi connectivity index (χ4n) is 5.51. The van der Waals surface area contributed by atoms with Gasteiger partial charge < -0.3 is 10.5 Å². The number of ether oxygens (including phenoxy) is 1. The highest BCUT2D eigenvalue weighted by Gasteiger charge is 2.54. The van der Waals surface area contributed by atoms with Gasteiger partial charge in [-0.2, -0.15) is 0 Å². The van der Waals surface area contributed by atoms with Crippen molar-refractivity contribution in [2.45, 2.75) is 51.4 Å². The number of hydrogen-bond acceptors (Lipinski definition) is 3. The molecular weight excluding hydrogens is 306 g/mol. The van der Waals surface area contributed by atoms with Crippen LogP contribution in [0.4, 0.5) is 0 Å². The zero-order valence-electron chi connectivity index (χ0n) is 13.5. The molecule has 0 aliphatic heterocycles. The molecule has 4 atom stereocenters. The Morgan fingerprint density at radius 2 is 2.13 bits per heavy atom. The second kappa shape index (κ2) is 5.30. The van der Waals surface area contributed by atoms with Crippen molar-refractivity contribution in [2.75, 3.05) is 0 Å². The molecule has 2 fully saturated rings. The molecular formula is C19H23NO2S. The molecule has 0 radical (unpaired) electrons. The number of Topliss-reactive ketones (excluding diaryl/α,β-unsaturated/α-hetero) is 1. The van der Waals surface area contributed by atoms with Crippen molar-refractivity contribution in [3.05, 3.63) is 29.3 Å². The molecule has 3 aliphatic rings. The third kappa shape index (κ3) is 2.30. The van der Waals surface area contributed by atoms with Crippen LogP contribution in [-0.4, -0.2) is 11.0 Å². The van der Waals surface area contributed by atoms with Gasteiger partial charge in [-0.3, -0.25) is 4.79 Å². The van der Waals surface area contributed by atoms with Crippen LogP contribution in [0, 0.1) is 17.3 Å². The highest BCUT2D eigenvalue weighted by Crippen LogP contribution is 2.59. The van der Waals surface area contributed by atoms with Gasteiger partial charge in [0.15, 0.2) is 0 Å². The van der Waals surface area contributed by atoms with Gasteiger partial charge in [-0.15, -0.1) is 0 Å². The van der Waals surface area contributed by atoms with Gasteiger partial charge in [0.25, 0.3) is 5.17 Å². The molecule has 0 saturated heterocycles. The van der Waals surface area contributed by atoms with E-state index < -0.39 is 0 Å². The Balaban J connectivity index is 1.65.